The smallest absolute Gasteiger partial charge is 0.336 e. The van der Waals surface area contributed by atoms with Crippen LogP contribution in [0.1, 0.15) is 12.0 Å². The van der Waals surface area contributed by atoms with Crippen LogP contribution in [0, 0.1) is 0 Å². The maximum absolute atomic E-state index is 12.9. The molecule has 34 heavy (non-hydrogen) atoms. The number of benzene rings is 2. The number of amides is 1. The van der Waals surface area contributed by atoms with Gasteiger partial charge in [0.05, 0.1) is 7.11 Å². The fourth-order valence-electron chi connectivity index (χ4n) is 3.05. The van der Waals surface area contributed by atoms with Crippen LogP contribution in [0.15, 0.2) is 109 Å². The molecule has 0 saturated heterocycles. The predicted octanol–water partition coefficient (Wildman–Crippen LogP) is 4.81. The monoisotopic (exact) mass is 455 g/mol. The van der Waals surface area contributed by atoms with Crippen LogP contribution in [0.3, 0.4) is 0 Å². The first kappa shape index (κ1) is 24.2. The summed E-state index contributed by atoms with van der Waals surface area (Å²) in [6.07, 6.45) is 16.5. The SMILES string of the molecule is COC(=O)CN(C(=O)/C=C/C1=CC=CC=CC1)c1ccc(OC(=O)/C=C/c2ccccc2)cc1. The number of hydrogen-bond acceptors (Lipinski definition) is 5. The fraction of sp³-hybridized carbons (Fsp3) is 0.107. The van der Waals surface area contributed by atoms with Gasteiger partial charge >= 0.3 is 11.9 Å². The van der Waals surface area contributed by atoms with Gasteiger partial charge in [0.15, 0.2) is 0 Å². The molecule has 172 valence electrons. The molecule has 1 aliphatic carbocycles. The van der Waals surface area contributed by atoms with Crippen molar-refractivity contribution in [1.29, 1.82) is 0 Å². The summed E-state index contributed by atoms with van der Waals surface area (Å²) in [5.74, 6) is -1.14. The lowest BCUT2D eigenvalue weighted by molar-refractivity contribution is -0.139. The van der Waals surface area contributed by atoms with Gasteiger partial charge in [-0.2, -0.15) is 0 Å². The molecule has 6 nitrogen and oxygen atoms in total. The minimum absolute atomic E-state index is 0.253. The van der Waals surface area contributed by atoms with Gasteiger partial charge in [0.1, 0.15) is 12.3 Å². The van der Waals surface area contributed by atoms with Crippen LogP contribution in [0.2, 0.25) is 0 Å². The van der Waals surface area contributed by atoms with Gasteiger partial charge in [0.25, 0.3) is 5.91 Å². The highest BCUT2D eigenvalue weighted by Crippen LogP contribution is 2.21. The Morgan fingerprint density at radius 1 is 0.912 bits per heavy atom. The Hall–Kier alpha value is -4.45. The number of rotatable bonds is 8. The fourth-order valence-corrected chi connectivity index (χ4v) is 3.05. The number of allylic oxidation sites excluding steroid dienone is 7. The van der Waals surface area contributed by atoms with E-state index in [-0.39, 0.29) is 12.5 Å². The molecule has 0 saturated carbocycles. The molecule has 0 aromatic heterocycles. The van der Waals surface area contributed by atoms with Gasteiger partial charge in [0.2, 0.25) is 0 Å². The van der Waals surface area contributed by atoms with Gasteiger partial charge < -0.3 is 9.47 Å². The highest BCUT2D eigenvalue weighted by atomic mass is 16.5. The lowest BCUT2D eigenvalue weighted by Crippen LogP contribution is -2.35. The lowest BCUT2D eigenvalue weighted by atomic mass is 10.1. The van der Waals surface area contributed by atoms with E-state index in [1.165, 1.54) is 24.2 Å². The second-order valence-corrected chi connectivity index (χ2v) is 7.25. The number of nitrogens with zero attached hydrogens (tertiary/aromatic N) is 1. The molecule has 1 aliphatic rings. The van der Waals surface area contributed by atoms with Crippen LogP contribution in [0.4, 0.5) is 5.69 Å². The normalized spacial score (nSPS) is 12.9. The van der Waals surface area contributed by atoms with Crippen molar-refractivity contribution in [3.05, 3.63) is 114 Å². The molecular formula is C28H25NO5. The molecular weight excluding hydrogens is 430 g/mol. The van der Waals surface area contributed by atoms with E-state index in [1.807, 2.05) is 60.7 Å². The Morgan fingerprint density at radius 3 is 2.41 bits per heavy atom. The van der Waals surface area contributed by atoms with Crippen molar-refractivity contribution in [2.24, 2.45) is 0 Å². The second-order valence-electron chi connectivity index (χ2n) is 7.25. The van der Waals surface area contributed by atoms with Crippen LogP contribution in [-0.4, -0.2) is 31.5 Å². The van der Waals surface area contributed by atoms with E-state index in [0.717, 1.165) is 11.1 Å². The molecule has 0 aliphatic heterocycles. The Morgan fingerprint density at radius 2 is 1.68 bits per heavy atom. The van der Waals surface area contributed by atoms with Crippen LogP contribution in [0.25, 0.3) is 6.08 Å². The minimum atomic E-state index is -0.553. The Bertz CT molecular complexity index is 1160. The van der Waals surface area contributed by atoms with E-state index < -0.39 is 11.9 Å². The van der Waals surface area contributed by atoms with Gasteiger partial charge in [-0.3, -0.25) is 14.5 Å². The van der Waals surface area contributed by atoms with Gasteiger partial charge in [-0.25, -0.2) is 4.79 Å². The zero-order valence-electron chi connectivity index (χ0n) is 18.8. The maximum Gasteiger partial charge on any atom is 0.336 e. The van der Waals surface area contributed by atoms with Crippen molar-refractivity contribution in [2.45, 2.75) is 6.42 Å². The molecule has 0 fully saturated rings. The van der Waals surface area contributed by atoms with Gasteiger partial charge in [-0.05, 0) is 47.9 Å². The van der Waals surface area contributed by atoms with E-state index in [2.05, 4.69) is 0 Å². The number of esters is 2. The van der Waals surface area contributed by atoms with Crippen LogP contribution >= 0.6 is 0 Å². The average Bonchev–Trinajstić information content (AvgIpc) is 3.14. The molecule has 0 bridgehead atoms. The number of carbonyl (C=O) groups is 3. The lowest BCUT2D eigenvalue weighted by Gasteiger charge is -2.20. The molecule has 0 atom stereocenters. The summed E-state index contributed by atoms with van der Waals surface area (Å²) in [5.41, 5.74) is 2.31. The molecule has 0 heterocycles. The Kier molecular flexibility index (Phi) is 8.93. The molecule has 0 N–H and O–H groups in total. The topological polar surface area (TPSA) is 72.9 Å². The molecule has 2 aromatic rings. The summed E-state index contributed by atoms with van der Waals surface area (Å²) in [6.45, 7) is -0.253. The van der Waals surface area contributed by atoms with Crippen molar-refractivity contribution < 1.29 is 23.9 Å². The first-order chi connectivity index (χ1) is 16.5. The molecule has 2 aromatic carbocycles. The summed E-state index contributed by atoms with van der Waals surface area (Å²) in [6, 6.07) is 15.7. The first-order valence-corrected chi connectivity index (χ1v) is 10.7. The van der Waals surface area contributed by atoms with Gasteiger partial charge in [-0.15, -0.1) is 0 Å². The first-order valence-electron chi connectivity index (χ1n) is 10.7. The van der Waals surface area contributed by atoms with Crippen molar-refractivity contribution in [3.63, 3.8) is 0 Å². The van der Waals surface area contributed by atoms with Crippen LogP contribution in [0.5, 0.6) is 5.75 Å². The van der Waals surface area contributed by atoms with E-state index in [4.69, 9.17) is 9.47 Å². The predicted molar refractivity (Wildman–Crippen MR) is 132 cm³/mol. The minimum Gasteiger partial charge on any atom is -0.468 e. The van der Waals surface area contributed by atoms with E-state index >= 15 is 0 Å². The highest BCUT2D eigenvalue weighted by Gasteiger charge is 2.18. The molecule has 0 spiro atoms. The standard InChI is InChI=1S/C28H25NO5/c1-33-28(32)21-29(26(30)19-13-22-9-5-2-3-6-10-22)24-15-17-25(18-16-24)34-27(31)20-14-23-11-7-4-8-12-23/h2-9,11-20H,10,21H2,1H3/b19-13+,20-14+. The van der Waals surface area contributed by atoms with Crippen LogP contribution in [-0.2, 0) is 19.1 Å². The zero-order chi connectivity index (χ0) is 24.2. The number of carbonyl (C=O) groups excluding carboxylic acids is 3. The molecule has 6 heteroatoms. The molecule has 0 radical (unpaired) electrons. The quantitative estimate of drug-likeness (QED) is 0.325. The highest BCUT2D eigenvalue weighted by molar-refractivity contribution is 6.04. The maximum atomic E-state index is 12.9. The van der Waals surface area contributed by atoms with E-state index in [1.54, 1.807) is 36.4 Å². The third kappa shape index (κ3) is 7.60. The number of ether oxygens (including phenoxy) is 2. The van der Waals surface area contributed by atoms with Gasteiger partial charge in [0, 0.05) is 17.8 Å². The average molecular weight is 456 g/mol. The van der Waals surface area contributed by atoms with Crippen molar-refractivity contribution >= 4 is 29.6 Å². The van der Waals surface area contributed by atoms with E-state index in [9.17, 15) is 14.4 Å². The number of hydrogen-bond donors (Lipinski definition) is 0. The van der Waals surface area contributed by atoms with Crippen molar-refractivity contribution in [3.8, 4) is 5.75 Å². The Labute approximate surface area is 198 Å². The summed E-state index contributed by atoms with van der Waals surface area (Å²) in [7, 11) is 1.27. The van der Waals surface area contributed by atoms with Gasteiger partial charge in [-0.1, -0.05) is 66.8 Å². The van der Waals surface area contributed by atoms with Crippen molar-refractivity contribution in [1.82, 2.24) is 0 Å². The largest absolute Gasteiger partial charge is 0.468 e. The summed E-state index contributed by atoms with van der Waals surface area (Å²) >= 11 is 0. The summed E-state index contributed by atoms with van der Waals surface area (Å²) < 4.78 is 10.1. The molecule has 0 unspecified atom stereocenters. The number of methoxy groups -OCH3 is 1. The third-order valence-corrected chi connectivity index (χ3v) is 4.82. The van der Waals surface area contributed by atoms with Crippen molar-refractivity contribution in [2.75, 3.05) is 18.6 Å². The second kappa shape index (κ2) is 12.6. The summed E-state index contributed by atoms with van der Waals surface area (Å²) in [4.78, 5) is 38.2. The molecule has 1 amide bonds. The Balaban J connectivity index is 1.69. The zero-order valence-corrected chi connectivity index (χ0v) is 18.8. The molecule has 3 rings (SSSR count). The van der Waals surface area contributed by atoms with E-state index in [0.29, 0.717) is 17.9 Å². The third-order valence-electron chi connectivity index (χ3n) is 4.82. The summed E-state index contributed by atoms with van der Waals surface area (Å²) in [5, 5.41) is 0. The number of anilines is 1. The van der Waals surface area contributed by atoms with Crippen LogP contribution < -0.4 is 9.64 Å².